The Morgan fingerprint density at radius 3 is 2.44 bits per heavy atom. The third-order valence-electron chi connectivity index (χ3n) is 8.53. The van der Waals surface area contributed by atoms with Gasteiger partial charge in [0.2, 0.25) is 5.91 Å². The zero-order chi connectivity index (χ0) is 25.7. The van der Waals surface area contributed by atoms with Crippen molar-refractivity contribution in [2.45, 2.75) is 76.3 Å². The molecule has 198 valence electrons. The number of hydrogen-bond donors (Lipinski definition) is 1. The first-order chi connectivity index (χ1) is 17.4. The highest BCUT2D eigenvalue weighted by molar-refractivity contribution is 6.07. The van der Waals surface area contributed by atoms with Crippen LogP contribution in [0.1, 0.15) is 63.9 Å². The van der Waals surface area contributed by atoms with Gasteiger partial charge < -0.3 is 19.9 Å². The fraction of sp³-hybridized carbons (Fsp3) is 0.679. The lowest BCUT2D eigenvalue weighted by Gasteiger charge is -2.41. The average molecular weight is 499 g/mol. The van der Waals surface area contributed by atoms with Crippen molar-refractivity contribution in [2.75, 3.05) is 40.3 Å². The van der Waals surface area contributed by atoms with Crippen LogP contribution < -0.4 is 10.1 Å². The van der Waals surface area contributed by atoms with Crippen LogP contribution in [0.25, 0.3) is 0 Å². The number of urea groups is 1. The van der Waals surface area contributed by atoms with Crippen LogP contribution in [0.2, 0.25) is 0 Å². The number of nitrogens with one attached hydrogen (secondary N) is 1. The van der Waals surface area contributed by atoms with Crippen LogP contribution in [0.3, 0.4) is 0 Å². The van der Waals surface area contributed by atoms with E-state index in [4.69, 9.17) is 4.74 Å². The van der Waals surface area contributed by atoms with Crippen molar-refractivity contribution in [1.29, 1.82) is 0 Å². The van der Waals surface area contributed by atoms with Gasteiger partial charge in [0.1, 0.15) is 11.3 Å². The third kappa shape index (κ3) is 5.53. The summed E-state index contributed by atoms with van der Waals surface area (Å²) < 4.78 is 5.20. The summed E-state index contributed by atoms with van der Waals surface area (Å²) >= 11 is 0. The number of carbonyl (C=O) groups excluding carboxylic acids is 3. The van der Waals surface area contributed by atoms with Gasteiger partial charge in [0.25, 0.3) is 5.91 Å². The molecular formula is C28H42N4O4. The minimum absolute atomic E-state index is 0.0543. The van der Waals surface area contributed by atoms with Crippen LogP contribution in [0, 0.1) is 5.92 Å². The molecule has 0 aliphatic carbocycles. The second-order valence-corrected chi connectivity index (χ2v) is 10.7. The van der Waals surface area contributed by atoms with E-state index in [9.17, 15) is 14.4 Å². The topological polar surface area (TPSA) is 82.2 Å². The lowest BCUT2D eigenvalue weighted by Crippen LogP contribution is -2.56. The number of imide groups is 1. The molecule has 8 heteroatoms. The first-order valence-electron chi connectivity index (χ1n) is 13.6. The maximum absolute atomic E-state index is 13.7. The summed E-state index contributed by atoms with van der Waals surface area (Å²) in [5.74, 6) is 0.960. The van der Waals surface area contributed by atoms with E-state index in [-0.39, 0.29) is 23.8 Å². The fourth-order valence-corrected chi connectivity index (χ4v) is 6.34. The maximum atomic E-state index is 13.7. The number of carbonyl (C=O) groups is 3. The normalized spacial score (nSPS) is 25.5. The minimum Gasteiger partial charge on any atom is -0.497 e. The van der Waals surface area contributed by atoms with E-state index in [1.165, 1.54) is 11.3 Å². The Labute approximate surface area is 215 Å². The second-order valence-electron chi connectivity index (χ2n) is 10.7. The minimum atomic E-state index is -0.828. The zero-order valence-electron chi connectivity index (χ0n) is 22.1. The molecule has 3 heterocycles. The zero-order valence-corrected chi connectivity index (χ0v) is 22.1. The number of rotatable bonds is 10. The number of ether oxygens (including phenoxy) is 1. The number of aryl methyl sites for hydroxylation is 1. The van der Waals surface area contributed by atoms with Crippen LogP contribution in [0.15, 0.2) is 24.3 Å². The number of amides is 4. The molecule has 0 radical (unpaired) electrons. The Hall–Kier alpha value is -2.61. The summed E-state index contributed by atoms with van der Waals surface area (Å²) in [5, 5.41) is 3.13. The van der Waals surface area contributed by atoms with Crippen molar-refractivity contribution >= 4 is 17.8 Å². The lowest BCUT2D eigenvalue weighted by molar-refractivity contribution is -0.136. The largest absolute Gasteiger partial charge is 0.497 e. The monoisotopic (exact) mass is 498 g/mol. The number of methoxy groups -OCH3 is 1. The second kappa shape index (κ2) is 11.6. The number of nitrogens with zero attached hydrogens (tertiary/aromatic N) is 3. The molecule has 3 aliphatic rings. The lowest BCUT2D eigenvalue weighted by atomic mass is 9.74. The molecule has 0 bridgehead atoms. The number of hydrogen-bond acceptors (Lipinski definition) is 5. The van der Waals surface area contributed by atoms with Crippen molar-refractivity contribution < 1.29 is 19.1 Å². The van der Waals surface area contributed by atoms with Gasteiger partial charge in [-0.05, 0) is 82.2 Å². The molecule has 3 fully saturated rings. The van der Waals surface area contributed by atoms with Crippen LogP contribution in [-0.2, 0) is 16.0 Å². The van der Waals surface area contributed by atoms with E-state index >= 15 is 0 Å². The molecule has 36 heavy (non-hydrogen) atoms. The van der Waals surface area contributed by atoms with Gasteiger partial charge >= 0.3 is 6.03 Å². The summed E-state index contributed by atoms with van der Waals surface area (Å²) in [4.78, 5) is 45.2. The van der Waals surface area contributed by atoms with Crippen molar-refractivity contribution in [3.8, 4) is 5.75 Å². The molecule has 3 aliphatic heterocycles. The van der Waals surface area contributed by atoms with E-state index in [2.05, 4.69) is 24.2 Å². The SMILES string of the molecule is CCC[C@@]1(C2CCN(C(=O)CCc3ccc(OC)cc3)CC2)NC(=O)N(CC[C@H]2CCCN2C)C1=O. The molecule has 0 aromatic heterocycles. The fourth-order valence-electron chi connectivity index (χ4n) is 6.34. The molecule has 0 saturated carbocycles. The molecule has 4 rings (SSSR count). The molecule has 1 N–H and O–H groups in total. The highest BCUT2D eigenvalue weighted by atomic mass is 16.5. The standard InChI is InChI=1S/C28H42N4O4/c1-4-16-28(26(34)32(27(35)29-28)20-15-23-6-5-17-30(23)2)22-13-18-31(19-14-22)25(33)12-9-21-7-10-24(36-3)11-8-21/h7-8,10-11,22-23H,4-6,9,12-20H2,1-3H3,(H,29,35)/t23-,28+/m1/s1. The van der Waals surface area contributed by atoms with Gasteiger partial charge in [-0.2, -0.15) is 0 Å². The molecule has 0 unspecified atom stereocenters. The van der Waals surface area contributed by atoms with Gasteiger partial charge in [0.05, 0.1) is 7.11 Å². The molecule has 4 amide bonds. The van der Waals surface area contributed by atoms with Gasteiger partial charge in [-0.1, -0.05) is 25.5 Å². The Morgan fingerprint density at radius 2 is 1.83 bits per heavy atom. The van der Waals surface area contributed by atoms with Gasteiger partial charge in [-0.3, -0.25) is 14.5 Å². The van der Waals surface area contributed by atoms with Gasteiger partial charge in [0, 0.05) is 32.1 Å². The van der Waals surface area contributed by atoms with E-state index < -0.39 is 5.54 Å². The summed E-state index contributed by atoms with van der Waals surface area (Å²) in [7, 11) is 3.76. The molecular weight excluding hydrogens is 456 g/mol. The highest BCUT2D eigenvalue weighted by Crippen LogP contribution is 2.37. The summed E-state index contributed by atoms with van der Waals surface area (Å²) in [6.07, 6.45) is 7.25. The Kier molecular flexibility index (Phi) is 8.54. The van der Waals surface area contributed by atoms with Crippen LogP contribution in [-0.4, -0.2) is 84.5 Å². The first-order valence-corrected chi connectivity index (χ1v) is 13.6. The first kappa shape index (κ1) is 26.5. The third-order valence-corrected chi connectivity index (χ3v) is 8.53. The molecule has 1 aromatic carbocycles. The summed E-state index contributed by atoms with van der Waals surface area (Å²) in [6, 6.07) is 8.03. The molecule has 8 nitrogen and oxygen atoms in total. The Bertz CT molecular complexity index is 928. The van der Waals surface area contributed by atoms with Crippen LogP contribution >= 0.6 is 0 Å². The predicted octanol–water partition coefficient (Wildman–Crippen LogP) is 3.44. The van der Waals surface area contributed by atoms with Gasteiger partial charge in [-0.25, -0.2) is 4.79 Å². The average Bonchev–Trinajstić information content (AvgIpc) is 3.41. The van der Waals surface area contributed by atoms with Crippen molar-refractivity contribution in [3.63, 3.8) is 0 Å². The van der Waals surface area contributed by atoms with Crippen molar-refractivity contribution in [2.24, 2.45) is 5.92 Å². The summed E-state index contributed by atoms with van der Waals surface area (Å²) in [5.41, 5.74) is 0.287. The quantitative estimate of drug-likeness (QED) is 0.500. The van der Waals surface area contributed by atoms with E-state index in [0.29, 0.717) is 44.9 Å². The van der Waals surface area contributed by atoms with E-state index in [1.54, 1.807) is 7.11 Å². The van der Waals surface area contributed by atoms with Crippen LogP contribution in [0.5, 0.6) is 5.75 Å². The number of likely N-dealkylation sites (tertiary alicyclic amines) is 2. The number of benzene rings is 1. The van der Waals surface area contributed by atoms with E-state index in [0.717, 1.165) is 50.0 Å². The van der Waals surface area contributed by atoms with Crippen LogP contribution in [0.4, 0.5) is 4.79 Å². The molecule has 2 atom stereocenters. The van der Waals surface area contributed by atoms with Crippen molar-refractivity contribution in [1.82, 2.24) is 20.0 Å². The number of piperidine rings is 1. The molecule has 0 spiro atoms. The van der Waals surface area contributed by atoms with E-state index in [1.807, 2.05) is 29.2 Å². The van der Waals surface area contributed by atoms with Gasteiger partial charge in [-0.15, -0.1) is 0 Å². The summed E-state index contributed by atoms with van der Waals surface area (Å²) in [6.45, 7) is 4.89. The highest BCUT2D eigenvalue weighted by Gasteiger charge is 2.55. The predicted molar refractivity (Wildman–Crippen MR) is 139 cm³/mol. The maximum Gasteiger partial charge on any atom is 0.325 e. The van der Waals surface area contributed by atoms with Crippen molar-refractivity contribution in [3.05, 3.63) is 29.8 Å². The molecule has 1 aromatic rings. The van der Waals surface area contributed by atoms with Gasteiger partial charge in [0.15, 0.2) is 0 Å². The molecule has 3 saturated heterocycles. The Morgan fingerprint density at radius 1 is 1.11 bits per heavy atom. The Balaban J connectivity index is 1.32. The smallest absolute Gasteiger partial charge is 0.325 e.